The van der Waals surface area contributed by atoms with Gasteiger partial charge in [-0.15, -0.1) is 0 Å². The number of nitrogens with zero attached hydrogens (tertiary/aromatic N) is 1. The Bertz CT molecular complexity index is 402. The van der Waals surface area contributed by atoms with E-state index < -0.39 is 0 Å². The minimum Gasteiger partial charge on any atom is -0.492 e. The number of nitrogens with one attached hydrogen (secondary N) is 1. The number of carbonyl (C=O) groups excluding carboxylic acids is 1. The molecule has 1 rings (SSSR count). The largest absolute Gasteiger partial charge is 0.492 e. The lowest BCUT2D eigenvalue weighted by atomic mass is 10.3. The molecule has 0 aromatic heterocycles. The number of carbonyl (C=O) groups is 1. The molecule has 5 nitrogen and oxygen atoms in total. The molecule has 1 N–H and O–H groups in total. The van der Waals surface area contributed by atoms with Gasteiger partial charge in [-0.05, 0) is 52.2 Å². The number of likely N-dealkylation sites (N-methyl/N-ethyl adjacent to an activating group) is 1. The maximum absolute atomic E-state index is 11.6. The van der Waals surface area contributed by atoms with Crippen molar-refractivity contribution >= 4 is 11.6 Å². The average molecular weight is 280 g/mol. The van der Waals surface area contributed by atoms with Gasteiger partial charge in [-0.3, -0.25) is 4.79 Å². The van der Waals surface area contributed by atoms with Crippen LogP contribution in [0.5, 0.6) is 5.75 Å². The van der Waals surface area contributed by atoms with Crippen molar-refractivity contribution in [1.82, 2.24) is 4.90 Å². The van der Waals surface area contributed by atoms with Gasteiger partial charge < -0.3 is 19.7 Å². The van der Waals surface area contributed by atoms with Crippen LogP contribution in [-0.4, -0.2) is 50.8 Å². The fourth-order valence-corrected chi connectivity index (χ4v) is 1.42. The normalized spacial score (nSPS) is 10.9. The van der Waals surface area contributed by atoms with Gasteiger partial charge in [-0.2, -0.15) is 0 Å². The van der Waals surface area contributed by atoms with E-state index >= 15 is 0 Å². The van der Waals surface area contributed by atoms with Crippen LogP contribution in [0.2, 0.25) is 0 Å². The minimum absolute atomic E-state index is 0.0493. The molecule has 0 unspecified atom stereocenters. The molecule has 112 valence electrons. The van der Waals surface area contributed by atoms with E-state index in [2.05, 4.69) is 10.2 Å². The molecule has 1 aromatic rings. The van der Waals surface area contributed by atoms with E-state index in [1.165, 1.54) is 0 Å². The molecule has 0 atom stereocenters. The monoisotopic (exact) mass is 280 g/mol. The Morgan fingerprint density at radius 1 is 1.25 bits per heavy atom. The summed E-state index contributed by atoms with van der Waals surface area (Å²) in [6.07, 6.45) is 0.0493. The van der Waals surface area contributed by atoms with E-state index in [-0.39, 0.29) is 18.6 Å². The maximum atomic E-state index is 11.6. The van der Waals surface area contributed by atoms with Crippen LogP contribution in [0.25, 0.3) is 0 Å². The Hall–Kier alpha value is -1.59. The number of ether oxygens (including phenoxy) is 2. The van der Waals surface area contributed by atoms with E-state index in [1.807, 2.05) is 52.2 Å². The van der Waals surface area contributed by atoms with Crippen molar-refractivity contribution in [3.05, 3.63) is 24.3 Å². The fraction of sp³-hybridized carbons (Fsp3) is 0.533. The minimum atomic E-state index is -0.153. The van der Waals surface area contributed by atoms with Crippen LogP contribution in [0.3, 0.4) is 0 Å². The van der Waals surface area contributed by atoms with Crippen molar-refractivity contribution in [3.63, 3.8) is 0 Å². The first-order valence-electron chi connectivity index (χ1n) is 6.76. The molecule has 0 saturated heterocycles. The lowest BCUT2D eigenvalue weighted by molar-refractivity contribution is -0.121. The molecule has 0 bridgehead atoms. The van der Waals surface area contributed by atoms with Gasteiger partial charge in [0, 0.05) is 12.2 Å². The Balaban J connectivity index is 2.36. The molecule has 0 fully saturated rings. The molecule has 0 spiro atoms. The molecule has 0 aliphatic rings. The molecular formula is C15H24N2O3. The van der Waals surface area contributed by atoms with Crippen molar-refractivity contribution in [2.45, 2.75) is 20.0 Å². The second-order valence-electron chi connectivity index (χ2n) is 5.08. The fourth-order valence-electron chi connectivity index (χ4n) is 1.42. The first-order chi connectivity index (χ1) is 9.47. The van der Waals surface area contributed by atoms with Crippen molar-refractivity contribution in [3.8, 4) is 5.75 Å². The smallest absolute Gasteiger partial charge is 0.250 e. The zero-order valence-electron chi connectivity index (χ0n) is 12.7. The summed E-state index contributed by atoms with van der Waals surface area (Å²) >= 11 is 0. The molecule has 0 radical (unpaired) electrons. The third kappa shape index (κ3) is 7.11. The number of benzene rings is 1. The molecule has 1 amide bonds. The molecule has 0 saturated carbocycles. The standard InChI is InChI=1S/C15H24N2O3/c1-12(2)20-11-15(18)16-13-5-7-14(8-6-13)19-10-9-17(3)4/h5-8,12H,9-11H2,1-4H3,(H,16,18). The van der Waals surface area contributed by atoms with Crippen LogP contribution in [0.15, 0.2) is 24.3 Å². The van der Waals surface area contributed by atoms with Gasteiger partial charge in [0.25, 0.3) is 0 Å². The van der Waals surface area contributed by atoms with E-state index in [0.717, 1.165) is 18.0 Å². The molecule has 5 heteroatoms. The quantitative estimate of drug-likeness (QED) is 0.791. The summed E-state index contributed by atoms with van der Waals surface area (Å²) < 4.78 is 10.8. The number of anilines is 1. The van der Waals surface area contributed by atoms with Crippen molar-refractivity contribution < 1.29 is 14.3 Å². The van der Waals surface area contributed by atoms with Crippen LogP contribution in [0, 0.1) is 0 Å². The highest BCUT2D eigenvalue weighted by molar-refractivity contribution is 5.91. The number of hydrogen-bond acceptors (Lipinski definition) is 4. The van der Waals surface area contributed by atoms with Crippen LogP contribution in [0.4, 0.5) is 5.69 Å². The Kier molecular flexibility index (Phi) is 7.04. The predicted octanol–water partition coefficient (Wildman–Crippen LogP) is 1.99. The van der Waals surface area contributed by atoms with E-state index in [9.17, 15) is 4.79 Å². The van der Waals surface area contributed by atoms with Gasteiger partial charge >= 0.3 is 0 Å². The molecular weight excluding hydrogens is 256 g/mol. The Morgan fingerprint density at radius 2 is 1.90 bits per heavy atom. The van der Waals surface area contributed by atoms with Crippen LogP contribution in [0.1, 0.15) is 13.8 Å². The summed E-state index contributed by atoms with van der Waals surface area (Å²) in [6.45, 7) is 5.37. The van der Waals surface area contributed by atoms with Crippen molar-refractivity contribution in [1.29, 1.82) is 0 Å². The number of rotatable bonds is 8. The van der Waals surface area contributed by atoms with E-state index in [0.29, 0.717) is 6.61 Å². The zero-order chi connectivity index (χ0) is 15.0. The topological polar surface area (TPSA) is 50.8 Å². The van der Waals surface area contributed by atoms with Gasteiger partial charge in [0.05, 0.1) is 6.10 Å². The third-order valence-corrected chi connectivity index (χ3v) is 2.49. The highest BCUT2D eigenvalue weighted by Gasteiger charge is 2.04. The van der Waals surface area contributed by atoms with Crippen molar-refractivity contribution in [2.75, 3.05) is 39.2 Å². The molecule has 0 aliphatic carbocycles. The summed E-state index contributed by atoms with van der Waals surface area (Å²) in [5.41, 5.74) is 0.738. The lowest BCUT2D eigenvalue weighted by Gasteiger charge is -2.12. The number of hydrogen-bond donors (Lipinski definition) is 1. The van der Waals surface area contributed by atoms with Gasteiger partial charge in [0.15, 0.2) is 0 Å². The second-order valence-corrected chi connectivity index (χ2v) is 5.08. The zero-order valence-corrected chi connectivity index (χ0v) is 12.7. The lowest BCUT2D eigenvalue weighted by Crippen LogP contribution is -2.20. The highest BCUT2D eigenvalue weighted by atomic mass is 16.5. The van der Waals surface area contributed by atoms with Gasteiger partial charge in [0.1, 0.15) is 19.0 Å². The second kappa shape index (κ2) is 8.55. The van der Waals surface area contributed by atoms with Crippen LogP contribution >= 0.6 is 0 Å². The van der Waals surface area contributed by atoms with Gasteiger partial charge in [-0.1, -0.05) is 0 Å². The van der Waals surface area contributed by atoms with Crippen molar-refractivity contribution in [2.24, 2.45) is 0 Å². The first-order valence-corrected chi connectivity index (χ1v) is 6.76. The predicted molar refractivity (Wildman–Crippen MR) is 80.2 cm³/mol. The summed E-state index contributed by atoms with van der Waals surface area (Å²) in [5.74, 6) is 0.642. The maximum Gasteiger partial charge on any atom is 0.250 e. The Labute approximate surface area is 120 Å². The summed E-state index contributed by atoms with van der Waals surface area (Å²) in [7, 11) is 4.00. The summed E-state index contributed by atoms with van der Waals surface area (Å²) in [5, 5.41) is 2.77. The first kappa shape index (κ1) is 16.5. The summed E-state index contributed by atoms with van der Waals surface area (Å²) in [4.78, 5) is 13.6. The molecule has 0 aliphatic heterocycles. The van der Waals surface area contributed by atoms with Gasteiger partial charge in [0.2, 0.25) is 5.91 Å². The molecule has 20 heavy (non-hydrogen) atoms. The number of amides is 1. The summed E-state index contributed by atoms with van der Waals surface area (Å²) in [6, 6.07) is 7.32. The third-order valence-electron chi connectivity index (χ3n) is 2.49. The highest BCUT2D eigenvalue weighted by Crippen LogP contribution is 2.15. The van der Waals surface area contributed by atoms with E-state index in [1.54, 1.807) is 0 Å². The molecule has 0 heterocycles. The van der Waals surface area contributed by atoms with Crippen LogP contribution < -0.4 is 10.1 Å². The van der Waals surface area contributed by atoms with E-state index in [4.69, 9.17) is 9.47 Å². The Morgan fingerprint density at radius 3 is 2.45 bits per heavy atom. The van der Waals surface area contributed by atoms with Crippen LogP contribution in [-0.2, 0) is 9.53 Å². The SMILES string of the molecule is CC(C)OCC(=O)Nc1ccc(OCCN(C)C)cc1. The van der Waals surface area contributed by atoms with Gasteiger partial charge in [-0.25, -0.2) is 0 Å². The average Bonchev–Trinajstić information content (AvgIpc) is 2.38. The molecule has 1 aromatic carbocycles.